The van der Waals surface area contributed by atoms with Gasteiger partial charge >= 0.3 is 6.09 Å². The SMILES string of the molecule is O=C(O)N1CCC2CN(c3sc(Nc4cnc(Cl)c(Cl)c4)nc3-c3cc(Cl)cs3)CC21. The summed E-state index contributed by atoms with van der Waals surface area (Å²) in [5.41, 5.74) is 1.51. The molecule has 2 saturated heterocycles. The highest BCUT2D eigenvalue weighted by Crippen LogP contribution is 2.45. The van der Waals surface area contributed by atoms with Crippen LogP contribution in [0.1, 0.15) is 6.42 Å². The van der Waals surface area contributed by atoms with Gasteiger partial charge in [0.2, 0.25) is 0 Å². The normalized spacial score (nSPS) is 20.4. The highest BCUT2D eigenvalue weighted by atomic mass is 35.5. The Balaban J connectivity index is 1.47. The zero-order valence-electron chi connectivity index (χ0n) is 15.9. The van der Waals surface area contributed by atoms with E-state index in [1.54, 1.807) is 17.2 Å². The van der Waals surface area contributed by atoms with Crippen molar-refractivity contribution in [3.05, 3.63) is 38.9 Å². The Morgan fingerprint density at radius 1 is 1.26 bits per heavy atom. The number of carboxylic acid groups (broad SMARTS) is 1. The predicted molar refractivity (Wildman–Crippen MR) is 127 cm³/mol. The fourth-order valence-electron chi connectivity index (χ4n) is 4.16. The van der Waals surface area contributed by atoms with E-state index >= 15 is 0 Å². The van der Waals surface area contributed by atoms with Gasteiger partial charge in [-0.2, -0.15) is 0 Å². The minimum Gasteiger partial charge on any atom is -0.465 e. The molecule has 0 aromatic carbocycles. The minimum absolute atomic E-state index is 0.00931. The number of thiazole rings is 1. The van der Waals surface area contributed by atoms with E-state index in [0.29, 0.717) is 39.9 Å². The van der Waals surface area contributed by atoms with Crippen molar-refractivity contribution < 1.29 is 9.90 Å². The van der Waals surface area contributed by atoms with Gasteiger partial charge in [-0.25, -0.2) is 14.8 Å². The molecule has 3 aromatic heterocycles. The van der Waals surface area contributed by atoms with Crippen LogP contribution in [0.2, 0.25) is 15.2 Å². The molecule has 3 aromatic rings. The average molecular weight is 517 g/mol. The third-order valence-corrected chi connectivity index (χ3v) is 8.54. The lowest BCUT2D eigenvalue weighted by Gasteiger charge is -2.22. The summed E-state index contributed by atoms with van der Waals surface area (Å²) in [4.78, 5) is 25.2. The van der Waals surface area contributed by atoms with Crippen LogP contribution in [-0.4, -0.2) is 51.7 Å². The van der Waals surface area contributed by atoms with Gasteiger partial charge in [0.15, 0.2) is 5.13 Å². The van der Waals surface area contributed by atoms with Gasteiger partial charge < -0.3 is 20.2 Å². The average Bonchev–Trinajstić information content (AvgIpc) is 3.47. The van der Waals surface area contributed by atoms with Crippen molar-refractivity contribution in [3.63, 3.8) is 0 Å². The first kappa shape index (κ1) is 21.1. The van der Waals surface area contributed by atoms with E-state index in [1.165, 1.54) is 22.7 Å². The lowest BCUT2D eigenvalue weighted by Crippen LogP contribution is -2.38. The molecule has 5 heterocycles. The molecular weight excluding hydrogens is 501 g/mol. The van der Waals surface area contributed by atoms with Crippen LogP contribution in [0, 0.1) is 5.92 Å². The Hall–Kier alpha value is -1.78. The molecule has 2 aliphatic rings. The molecule has 31 heavy (non-hydrogen) atoms. The van der Waals surface area contributed by atoms with Gasteiger partial charge in [0, 0.05) is 30.9 Å². The first-order valence-corrected chi connectivity index (χ1v) is 12.3. The van der Waals surface area contributed by atoms with E-state index in [9.17, 15) is 9.90 Å². The lowest BCUT2D eigenvalue weighted by atomic mass is 10.1. The number of nitrogens with zero attached hydrogens (tertiary/aromatic N) is 4. The van der Waals surface area contributed by atoms with Gasteiger partial charge in [0.05, 0.1) is 32.8 Å². The van der Waals surface area contributed by atoms with Gasteiger partial charge in [-0.15, -0.1) is 11.3 Å². The van der Waals surface area contributed by atoms with Crippen LogP contribution in [0.25, 0.3) is 10.6 Å². The monoisotopic (exact) mass is 515 g/mol. The smallest absolute Gasteiger partial charge is 0.407 e. The number of fused-ring (bicyclic) bond motifs is 1. The molecule has 2 aliphatic heterocycles. The summed E-state index contributed by atoms with van der Waals surface area (Å²) in [6, 6.07) is 3.61. The van der Waals surface area contributed by atoms with E-state index in [0.717, 1.165) is 28.5 Å². The summed E-state index contributed by atoms with van der Waals surface area (Å²) >= 11 is 21.2. The Morgan fingerprint density at radius 3 is 2.81 bits per heavy atom. The second-order valence-corrected chi connectivity index (χ2v) is 10.5. The van der Waals surface area contributed by atoms with Crippen LogP contribution in [0.15, 0.2) is 23.7 Å². The van der Waals surface area contributed by atoms with E-state index < -0.39 is 6.09 Å². The summed E-state index contributed by atoms with van der Waals surface area (Å²) in [6.07, 6.45) is 1.63. The first-order valence-electron chi connectivity index (χ1n) is 9.47. The van der Waals surface area contributed by atoms with Crippen molar-refractivity contribution in [2.24, 2.45) is 5.92 Å². The Labute approximate surface area is 201 Å². The second kappa shape index (κ2) is 8.29. The third kappa shape index (κ3) is 4.05. The molecule has 2 unspecified atom stereocenters. The quantitative estimate of drug-likeness (QED) is 0.404. The lowest BCUT2D eigenvalue weighted by molar-refractivity contribution is 0.140. The van der Waals surface area contributed by atoms with E-state index in [2.05, 4.69) is 15.2 Å². The van der Waals surface area contributed by atoms with E-state index in [-0.39, 0.29) is 11.2 Å². The number of rotatable bonds is 4. The number of hydrogen-bond acceptors (Lipinski definition) is 7. The molecule has 12 heteroatoms. The molecule has 7 nitrogen and oxygen atoms in total. The van der Waals surface area contributed by atoms with Gasteiger partial charge in [-0.3, -0.25) is 0 Å². The van der Waals surface area contributed by atoms with Crippen LogP contribution in [-0.2, 0) is 0 Å². The maximum Gasteiger partial charge on any atom is 0.407 e. The number of likely N-dealkylation sites (tertiary alicyclic amines) is 1. The van der Waals surface area contributed by atoms with Crippen molar-refractivity contribution in [3.8, 4) is 10.6 Å². The number of thiophene rings is 1. The summed E-state index contributed by atoms with van der Waals surface area (Å²) in [6.45, 7) is 2.06. The number of amides is 1. The fourth-order valence-corrected chi connectivity index (χ4v) is 6.57. The Kier molecular flexibility index (Phi) is 5.64. The van der Waals surface area contributed by atoms with Gasteiger partial charge in [0.25, 0.3) is 0 Å². The molecule has 2 N–H and O–H groups in total. The zero-order valence-corrected chi connectivity index (χ0v) is 19.8. The van der Waals surface area contributed by atoms with Gasteiger partial charge in [-0.1, -0.05) is 46.1 Å². The molecule has 2 fully saturated rings. The topological polar surface area (TPSA) is 81.6 Å². The van der Waals surface area contributed by atoms with E-state index in [1.807, 2.05) is 11.4 Å². The van der Waals surface area contributed by atoms with Crippen molar-refractivity contribution >= 4 is 79.4 Å². The molecule has 2 atom stereocenters. The molecule has 0 radical (unpaired) electrons. The highest BCUT2D eigenvalue weighted by molar-refractivity contribution is 7.21. The number of carbonyl (C=O) groups is 1. The maximum absolute atomic E-state index is 11.6. The highest BCUT2D eigenvalue weighted by Gasteiger charge is 2.44. The minimum atomic E-state index is -0.849. The number of anilines is 3. The van der Waals surface area contributed by atoms with Crippen molar-refractivity contribution in [2.45, 2.75) is 12.5 Å². The Morgan fingerprint density at radius 2 is 2.10 bits per heavy atom. The van der Waals surface area contributed by atoms with Crippen molar-refractivity contribution in [2.75, 3.05) is 29.9 Å². The standard InChI is InChI=1S/C19H16Cl3N5O2S2/c20-10-3-14(30-8-10)15-17(26-6-9-1-2-27(19(28)29)13(9)7-26)31-18(25-15)24-11-4-12(21)16(22)23-5-11/h3-5,8-9,13H,1-2,6-7H2,(H,24,25)(H,28,29). The van der Waals surface area contributed by atoms with Crippen LogP contribution >= 0.6 is 57.5 Å². The number of nitrogens with one attached hydrogen (secondary N) is 1. The molecule has 162 valence electrons. The van der Waals surface area contributed by atoms with Crippen LogP contribution in [0.3, 0.4) is 0 Å². The van der Waals surface area contributed by atoms with Crippen molar-refractivity contribution in [1.29, 1.82) is 0 Å². The first-order chi connectivity index (χ1) is 14.9. The Bertz CT molecular complexity index is 1150. The van der Waals surface area contributed by atoms with Gasteiger partial charge in [0.1, 0.15) is 15.8 Å². The molecule has 5 rings (SSSR count). The van der Waals surface area contributed by atoms with E-state index in [4.69, 9.17) is 39.8 Å². The summed E-state index contributed by atoms with van der Waals surface area (Å²) in [5.74, 6) is 0.327. The van der Waals surface area contributed by atoms with Gasteiger partial charge in [-0.05, 0) is 18.6 Å². The molecular formula is C19H16Cl3N5O2S2. The molecule has 0 spiro atoms. The number of aromatic nitrogens is 2. The maximum atomic E-state index is 11.6. The summed E-state index contributed by atoms with van der Waals surface area (Å²) in [7, 11) is 0. The number of halogens is 3. The van der Waals surface area contributed by atoms with Crippen LogP contribution in [0.4, 0.5) is 20.6 Å². The molecule has 1 amide bonds. The second-order valence-electron chi connectivity index (χ2n) is 7.42. The number of pyridine rings is 1. The molecule has 0 bridgehead atoms. The number of hydrogen-bond donors (Lipinski definition) is 2. The largest absolute Gasteiger partial charge is 0.465 e. The summed E-state index contributed by atoms with van der Waals surface area (Å²) < 4.78 is 0. The fraction of sp³-hybridized carbons (Fsp3) is 0.316. The molecule has 0 saturated carbocycles. The molecule has 0 aliphatic carbocycles. The zero-order chi connectivity index (χ0) is 21.7. The van der Waals surface area contributed by atoms with Crippen LogP contribution < -0.4 is 10.2 Å². The summed E-state index contributed by atoms with van der Waals surface area (Å²) in [5, 5.41) is 17.6. The third-order valence-electron chi connectivity index (χ3n) is 5.54. The predicted octanol–water partition coefficient (Wildman–Crippen LogP) is 6.16. The van der Waals surface area contributed by atoms with Crippen LogP contribution in [0.5, 0.6) is 0 Å². The van der Waals surface area contributed by atoms with Crippen molar-refractivity contribution in [1.82, 2.24) is 14.9 Å².